The number of carbonyl (C=O) groups excluding carboxylic acids is 1. The lowest BCUT2D eigenvalue weighted by Crippen LogP contribution is -2.27. The maximum Gasteiger partial charge on any atom is 0.270 e. The van der Waals surface area contributed by atoms with Gasteiger partial charge in [0.1, 0.15) is 5.69 Å². The molecule has 0 saturated heterocycles. The van der Waals surface area contributed by atoms with Crippen molar-refractivity contribution in [3.63, 3.8) is 0 Å². The van der Waals surface area contributed by atoms with Crippen LogP contribution in [-0.2, 0) is 11.2 Å². The minimum Gasteiger partial charge on any atom is -0.383 e. The van der Waals surface area contributed by atoms with E-state index in [-0.39, 0.29) is 5.91 Å². The Morgan fingerprint density at radius 2 is 2.13 bits per heavy atom. The highest BCUT2D eigenvalue weighted by Crippen LogP contribution is 2.25. The molecule has 0 atom stereocenters. The zero-order chi connectivity index (χ0) is 16.7. The van der Waals surface area contributed by atoms with Crippen LogP contribution in [0.2, 0.25) is 0 Å². The number of benzene rings is 1. The zero-order valence-electron chi connectivity index (χ0n) is 13.8. The van der Waals surface area contributed by atoms with Crippen molar-refractivity contribution >= 4 is 17.3 Å². The second-order valence-electron chi connectivity index (χ2n) is 5.27. The molecule has 1 amide bonds. The molecule has 23 heavy (non-hydrogen) atoms. The fraction of sp³-hybridized carbons (Fsp3) is 0.333. The van der Waals surface area contributed by atoms with E-state index >= 15 is 0 Å². The molecule has 2 aromatic rings. The summed E-state index contributed by atoms with van der Waals surface area (Å²) >= 11 is 0. The van der Waals surface area contributed by atoms with Gasteiger partial charge in [-0.25, -0.2) is 0 Å². The van der Waals surface area contributed by atoms with Crippen LogP contribution in [0.3, 0.4) is 0 Å². The maximum absolute atomic E-state index is 12.1. The Morgan fingerprint density at radius 1 is 1.30 bits per heavy atom. The maximum atomic E-state index is 12.1. The van der Waals surface area contributed by atoms with Crippen LogP contribution < -0.4 is 10.6 Å². The number of nitrogens with one attached hydrogen (secondary N) is 2. The summed E-state index contributed by atoms with van der Waals surface area (Å²) in [6, 6.07) is 9.85. The van der Waals surface area contributed by atoms with Gasteiger partial charge in [0.25, 0.3) is 5.91 Å². The molecular weight excluding hydrogens is 290 g/mol. The Balaban J connectivity index is 2.16. The first-order valence-corrected chi connectivity index (χ1v) is 7.74. The number of amides is 1. The molecule has 0 bridgehead atoms. The number of methoxy groups -OCH3 is 1. The molecule has 122 valence electrons. The summed E-state index contributed by atoms with van der Waals surface area (Å²) in [4.78, 5) is 16.2. The van der Waals surface area contributed by atoms with E-state index in [1.807, 2.05) is 6.07 Å². The number of aromatic nitrogens is 1. The highest BCUT2D eigenvalue weighted by atomic mass is 16.5. The average molecular weight is 313 g/mol. The first-order valence-electron chi connectivity index (χ1n) is 7.74. The summed E-state index contributed by atoms with van der Waals surface area (Å²) in [6.45, 7) is 5.14. The van der Waals surface area contributed by atoms with Gasteiger partial charge in [0.2, 0.25) is 0 Å². The summed E-state index contributed by atoms with van der Waals surface area (Å²) in [5.41, 5.74) is 4.74. The lowest BCUT2D eigenvalue weighted by Gasteiger charge is -2.14. The van der Waals surface area contributed by atoms with Crippen LogP contribution in [0.5, 0.6) is 0 Å². The van der Waals surface area contributed by atoms with Crippen LogP contribution in [-0.4, -0.2) is 31.2 Å². The van der Waals surface area contributed by atoms with E-state index in [2.05, 4.69) is 47.7 Å². The van der Waals surface area contributed by atoms with Crippen LogP contribution in [0.1, 0.15) is 28.5 Å². The number of hydrogen-bond acceptors (Lipinski definition) is 4. The molecule has 0 aliphatic carbocycles. The Morgan fingerprint density at radius 3 is 2.87 bits per heavy atom. The highest BCUT2D eigenvalue weighted by molar-refractivity contribution is 5.93. The van der Waals surface area contributed by atoms with Gasteiger partial charge in [-0.2, -0.15) is 0 Å². The molecule has 1 aromatic carbocycles. The van der Waals surface area contributed by atoms with E-state index in [9.17, 15) is 4.79 Å². The number of rotatable bonds is 7. The third kappa shape index (κ3) is 4.53. The number of aryl methyl sites for hydroxylation is 2. The van der Waals surface area contributed by atoms with E-state index < -0.39 is 0 Å². The van der Waals surface area contributed by atoms with Crippen LogP contribution in [0.25, 0.3) is 0 Å². The quantitative estimate of drug-likeness (QED) is 0.771. The van der Waals surface area contributed by atoms with Crippen molar-refractivity contribution in [2.75, 3.05) is 25.6 Å². The largest absolute Gasteiger partial charge is 0.383 e. The first-order chi connectivity index (χ1) is 11.2. The fourth-order valence-electron chi connectivity index (χ4n) is 2.34. The first kappa shape index (κ1) is 17.0. The Hall–Kier alpha value is -2.40. The standard InChI is InChI=1S/C18H23N3O2/c1-4-14-7-5-6-13(2)17(14)21-15-8-9-19-16(12-15)18(22)20-10-11-23-3/h5-9,12H,4,10-11H2,1-3H3,(H,19,21)(H,20,22). The zero-order valence-corrected chi connectivity index (χ0v) is 13.8. The molecule has 0 fully saturated rings. The Kier molecular flexibility index (Phi) is 6.11. The smallest absolute Gasteiger partial charge is 0.270 e. The third-order valence-electron chi connectivity index (χ3n) is 3.59. The molecule has 1 aromatic heterocycles. The average Bonchev–Trinajstić information content (AvgIpc) is 2.57. The van der Waals surface area contributed by atoms with E-state index in [1.165, 1.54) is 11.1 Å². The van der Waals surface area contributed by atoms with Crippen LogP contribution in [0.15, 0.2) is 36.5 Å². The van der Waals surface area contributed by atoms with Gasteiger partial charge < -0.3 is 15.4 Å². The van der Waals surface area contributed by atoms with Crippen molar-refractivity contribution in [2.45, 2.75) is 20.3 Å². The van der Waals surface area contributed by atoms with Crippen molar-refractivity contribution < 1.29 is 9.53 Å². The van der Waals surface area contributed by atoms with Crippen molar-refractivity contribution in [2.24, 2.45) is 0 Å². The van der Waals surface area contributed by atoms with Gasteiger partial charge in [-0.05, 0) is 36.6 Å². The topological polar surface area (TPSA) is 63.2 Å². The molecule has 5 nitrogen and oxygen atoms in total. The summed E-state index contributed by atoms with van der Waals surface area (Å²) in [7, 11) is 1.60. The normalized spacial score (nSPS) is 10.4. The van der Waals surface area contributed by atoms with Gasteiger partial charge >= 0.3 is 0 Å². The molecule has 0 unspecified atom stereocenters. The number of pyridine rings is 1. The van der Waals surface area contributed by atoms with Gasteiger partial charge in [0.05, 0.1) is 6.61 Å². The van der Waals surface area contributed by atoms with E-state index in [4.69, 9.17) is 4.74 Å². The SMILES string of the molecule is CCc1cccc(C)c1Nc1ccnc(C(=O)NCCOC)c1. The Labute approximate surface area is 137 Å². The lowest BCUT2D eigenvalue weighted by atomic mass is 10.1. The van der Waals surface area contributed by atoms with E-state index in [1.54, 1.807) is 19.4 Å². The highest BCUT2D eigenvalue weighted by Gasteiger charge is 2.09. The molecule has 2 N–H and O–H groups in total. The van der Waals surface area contributed by atoms with Gasteiger partial charge in [-0.1, -0.05) is 25.1 Å². The van der Waals surface area contributed by atoms with Crippen molar-refractivity contribution in [3.8, 4) is 0 Å². The van der Waals surface area contributed by atoms with Gasteiger partial charge in [0, 0.05) is 31.2 Å². The molecular formula is C18H23N3O2. The Bertz CT molecular complexity index is 671. The minimum atomic E-state index is -0.203. The van der Waals surface area contributed by atoms with Crippen LogP contribution in [0, 0.1) is 6.92 Å². The lowest BCUT2D eigenvalue weighted by molar-refractivity contribution is 0.0932. The van der Waals surface area contributed by atoms with Gasteiger partial charge in [-0.15, -0.1) is 0 Å². The molecule has 2 rings (SSSR count). The second kappa shape index (κ2) is 8.29. The number of para-hydroxylation sites is 1. The van der Waals surface area contributed by atoms with Gasteiger partial charge in [-0.3, -0.25) is 9.78 Å². The van der Waals surface area contributed by atoms with Crippen molar-refractivity contribution in [3.05, 3.63) is 53.3 Å². The van der Waals surface area contributed by atoms with Crippen LogP contribution >= 0.6 is 0 Å². The number of hydrogen-bond donors (Lipinski definition) is 2. The number of anilines is 2. The van der Waals surface area contributed by atoms with Crippen LogP contribution in [0.4, 0.5) is 11.4 Å². The minimum absolute atomic E-state index is 0.203. The van der Waals surface area contributed by atoms with Crippen molar-refractivity contribution in [1.29, 1.82) is 0 Å². The summed E-state index contributed by atoms with van der Waals surface area (Å²) in [6.07, 6.45) is 2.58. The predicted octanol–water partition coefficient (Wildman–Crippen LogP) is 3.07. The van der Waals surface area contributed by atoms with E-state index in [0.717, 1.165) is 17.8 Å². The monoisotopic (exact) mass is 313 g/mol. The number of nitrogens with zero attached hydrogens (tertiary/aromatic N) is 1. The molecule has 0 aliphatic rings. The van der Waals surface area contributed by atoms with Gasteiger partial charge in [0.15, 0.2) is 0 Å². The number of carbonyl (C=O) groups is 1. The summed E-state index contributed by atoms with van der Waals surface area (Å²) in [5.74, 6) is -0.203. The fourth-order valence-corrected chi connectivity index (χ4v) is 2.34. The predicted molar refractivity (Wildman–Crippen MR) is 92.3 cm³/mol. The molecule has 0 saturated carbocycles. The molecule has 1 heterocycles. The molecule has 5 heteroatoms. The van der Waals surface area contributed by atoms with E-state index in [0.29, 0.717) is 18.8 Å². The number of ether oxygens (including phenoxy) is 1. The summed E-state index contributed by atoms with van der Waals surface area (Å²) < 4.78 is 4.92. The molecule has 0 spiro atoms. The summed E-state index contributed by atoms with van der Waals surface area (Å²) in [5, 5.41) is 6.18. The second-order valence-corrected chi connectivity index (χ2v) is 5.27. The third-order valence-corrected chi connectivity index (χ3v) is 3.59. The molecule has 0 aliphatic heterocycles. The molecule has 0 radical (unpaired) electrons. The van der Waals surface area contributed by atoms with Crippen molar-refractivity contribution in [1.82, 2.24) is 10.3 Å².